The highest BCUT2D eigenvalue weighted by Crippen LogP contribution is 2.20. The number of carbonyl (C=O) groups excluding carboxylic acids is 2. The number of hydrogen-bond donors (Lipinski definition) is 0. The highest BCUT2D eigenvalue weighted by Gasteiger charge is 2.24. The highest BCUT2D eigenvalue weighted by molar-refractivity contribution is 7.10. The number of amides is 2. The Morgan fingerprint density at radius 2 is 1.76 bits per heavy atom. The smallest absolute Gasteiger partial charge is 0.269 e. The largest absolute Gasteiger partial charge is 0.332 e. The summed E-state index contributed by atoms with van der Waals surface area (Å²) < 4.78 is 13.4. The van der Waals surface area contributed by atoms with Gasteiger partial charge in [0, 0.05) is 35.7 Å². The van der Waals surface area contributed by atoms with Gasteiger partial charge in [-0.2, -0.15) is 0 Å². The third-order valence-electron chi connectivity index (χ3n) is 6.18. The fraction of sp³-hybridized carbons (Fsp3) is 0.286. The number of nitrogens with zero attached hydrogens (tertiary/aromatic N) is 3. The molecule has 7 nitrogen and oxygen atoms in total. The molecule has 0 fully saturated rings. The van der Waals surface area contributed by atoms with Crippen LogP contribution in [0.1, 0.15) is 41.8 Å². The maximum Gasteiger partial charge on any atom is 0.269 e. The van der Waals surface area contributed by atoms with E-state index < -0.39 is 4.92 Å². The number of benzene rings is 2. The van der Waals surface area contributed by atoms with Gasteiger partial charge in [0.15, 0.2) is 0 Å². The van der Waals surface area contributed by atoms with Crippen LogP contribution in [0.25, 0.3) is 6.08 Å². The van der Waals surface area contributed by atoms with Crippen molar-refractivity contribution < 1.29 is 18.9 Å². The number of halogens is 1. The molecule has 37 heavy (non-hydrogen) atoms. The van der Waals surface area contributed by atoms with Crippen molar-refractivity contribution in [2.45, 2.75) is 46.3 Å². The molecule has 0 bridgehead atoms. The quantitative estimate of drug-likeness (QED) is 0.176. The average molecular weight is 524 g/mol. The lowest BCUT2D eigenvalue weighted by Gasteiger charge is -2.30. The predicted molar refractivity (Wildman–Crippen MR) is 143 cm³/mol. The number of hydrogen-bond acceptors (Lipinski definition) is 5. The molecule has 0 aliphatic heterocycles. The second-order valence-electron chi connectivity index (χ2n) is 8.81. The van der Waals surface area contributed by atoms with E-state index in [1.54, 1.807) is 46.6 Å². The van der Waals surface area contributed by atoms with Crippen LogP contribution in [0.4, 0.5) is 10.1 Å². The van der Waals surface area contributed by atoms with E-state index in [-0.39, 0.29) is 42.5 Å². The fourth-order valence-electron chi connectivity index (χ4n) is 3.67. The zero-order chi connectivity index (χ0) is 26.9. The van der Waals surface area contributed by atoms with Crippen molar-refractivity contribution in [1.29, 1.82) is 0 Å². The summed E-state index contributed by atoms with van der Waals surface area (Å²) in [6, 6.07) is 13.7. The average Bonchev–Trinajstić information content (AvgIpc) is 3.30. The van der Waals surface area contributed by atoms with Crippen LogP contribution in [0.2, 0.25) is 0 Å². The molecule has 194 valence electrons. The van der Waals surface area contributed by atoms with Crippen LogP contribution < -0.4 is 0 Å². The standard InChI is InChI=1S/C28H30FN3O4S/c1-4-21(3)31(27(33)14-9-22-7-12-25(13-8-22)32(35)36)19-28(34)30(18-26-20(2)15-16-37-26)17-23-5-10-24(29)11-6-23/h5-16,21H,4,17-19H2,1-3H3/b14-9+. The topological polar surface area (TPSA) is 83.8 Å². The summed E-state index contributed by atoms with van der Waals surface area (Å²) in [6.07, 6.45) is 3.62. The van der Waals surface area contributed by atoms with Crippen LogP contribution in [0.5, 0.6) is 0 Å². The minimum atomic E-state index is -0.482. The molecule has 1 aromatic heterocycles. The number of carbonyl (C=O) groups is 2. The maximum atomic E-state index is 13.5. The number of nitro groups is 1. The van der Waals surface area contributed by atoms with E-state index >= 15 is 0 Å². The monoisotopic (exact) mass is 523 g/mol. The number of thiophene rings is 1. The Morgan fingerprint density at radius 3 is 2.32 bits per heavy atom. The Balaban J connectivity index is 1.79. The number of aryl methyl sites for hydroxylation is 1. The molecule has 2 amide bonds. The van der Waals surface area contributed by atoms with Gasteiger partial charge in [0.05, 0.1) is 11.5 Å². The SMILES string of the molecule is CCC(C)N(CC(=O)N(Cc1ccc(F)cc1)Cc1sccc1C)C(=O)/C=C/c1ccc([N+](=O)[O-])cc1. The van der Waals surface area contributed by atoms with Crippen LogP contribution in [0.15, 0.2) is 66.1 Å². The molecule has 0 saturated carbocycles. The molecule has 1 heterocycles. The molecule has 9 heteroatoms. The van der Waals surface area contributed by atoms with E-state index in [9.17, 15) is 24.1 Å². The molecule has 1 unspecified atom stereocenters. The summed E-state index contributed by atoms with van der Waals surface area (Å²) in [5.74, 6) is -0.881. The van der Waals surface area contributed by atoms with Crippen molar-refractivity contribution >= 4 is 34.9 Å². The first-order chi connectivity index (χ1) is 17.7. The van der Waals surface area contributed by atoms with Crippen molar-refractivity contribution in [3.63, 3.8) is 0 Å². The maximum absolute atomic E-state index is 13.5. The van der Waals surface area contributed by atoms with Crippen LogP contribution >= 0.6 is 11.3 Å². The van der Waals surface area contributed by atoms with Gasteiger partial charge in [0.2, 0.25) is 11.8 Å². The normalized spacial score (nSPS) is 11.9. The number of nitro benzene ring substituents is 1. The van der Waals surface area contributed by atoms with Crippen LogP contribution in [-0.4, -0.2) is 39.1 Å². The van der Waals surface area contributed by atoms with Gasteiger partial charge >= 0.3 is 0 Å². The fourth-order valence-corrected chi connectivity index (χ4v) is 4.59. The summed E-state index contributed by atoms with van der Waals surface area (Å²) in [5, 5.41) is 12.8. The van der Waals surface area contributed by atoms with E-state index in [1.807, 2.05) is 32.2 Å². The Morgan fingerprint density at radius 1 is 1.08 bits per heavy atom. The van der Waals surface area contributed by atoms with E-state index in [1.165, 1.54) is 35.2 Å². The summed E-state index contributed by atoms with van der Waals surface area (Å²) in [4.78, 5) is 41.3. The van der Waals surface area contributed by atoms with Gasteiger partial charge in [0.25, 0.3) is 5.69 Å². The summed E-state index contributed by atoms with van der Waals surface area (Å²) in [6.45, 7) is 6.40. The first kappa shape index (κ1) is 27.7. The molecular formula is C28H30FN3O4S. The van der Waals surface area contributed by atoms with Gasteiger partial charge in [-0.15, -0.1) is 11.3 Å². The molecule has 3 rings (SSSR count). The Hall–Kier alpha value is -3.85. The minimum Gasteiger partial charge on any atom is -0.332 e. The summed E-state index contributed by atoms with van der Waals surface area (Å²) >= 11 is 1.57. The Kier molecular flexibility index (Phi) is 9.68. The summed E-state index contributed by atoms with van der Waals surface area (Å²) in [7, 11) is 0. The molecule has 3 aromatic rings. The molecule has 0 radical (unpaired) electrons. The molecule has 0 N–H and O–H groups in total. The second kappa shape index (κ2) is 12.9. The van der Waals surface area contributed by atoms with E-state index in [4.69, 9.17) is 0 Å². The molecule has 0 aliphatic rings. The lowest BCUT2D eigenvalue weighted by atomic mass is 10.1. The van der Waals surface area contributed by atoms with Crippen molar-refractivity contribution in [3.05, 3.63) is 104 Å². The van der Waals surface area contributed by atoms with Crippen LogP contribution in [0.3, 0.4) is 0 Å². The lowest BCUT2D eigenvalue weighted by Crippen LogP contribution is -2.45. The zero-order valence-electron chi connectivity index (χ0n) is 21.1. The molecule has 0 aliphatic carbocycles. The predicted octanol–water partition coefficient (Wildman–Crippen LogP) is 5.97. The second-order valence-corrected chi connectivity index (χ2v) is 9.81. The van der Waals surface area contributed by atoms with Gasteiger partial charge in [-0.1, -0.05) is 19.1 Å². The first-order valence-electron chi connectivity index (χ1n) is 12.0. The Bertz CT molecular complexity index is 1260. The first-order valence-corrected chi connectivity index (χ1v) is 12.8. The van der Waals surface area contributed by atoms with Crippen molar-refractivity contribution in [2.75, 3.05) is 6.54 Å². The van der Waals surface area contributed by atoms with Gasteiger partial charge in [-0.3, -0.25) is 19.7 Å². The van der Waals surface area contributed by atoms with E-state index in [0.717, 1.165) is 16.0 Å². The lowest BCUT2D eigenvalue weighted by molar-refractivity contribution is -0.384. The van der Waals surface area contributed by atoms with Gasteiger partial charge in [-0.05, 0) is 78.7 Å². The van der Waals surface area contributed by atoms with Gasteiger partial charge < -0.3 is 9.80 Å². The van der Waals surface area contributed by atoms with Crippen LogP contribution in [-0.2, 0) is 22.7 Å². The number of rotatable bonds is 11. The minimum absolute atomic E-state index is 0.0301. The summed E-state index contributed by atoms with van der Waals surface area (Å²) in [5.41, 5.74) is 2.49. The van der Waals surface area contributed by atoms with Crippen molar-refractivity contribution in [1.82, 2.24) is 9.80 Å². The highest BCUT2D eigenvalue weighted by atomic mass is 32.1. The van der Waals surface area contributed by atoms with E-state index in [2.05, 4.69) is 0 Å². The third-order valence-corrected chi connectivity index (χ3v) is 7.18. The molecule has 0 spiro atoms. The molecule has 0 saturated heterocycles. The van der Waals surface area contributed by atoms with E-state index in [0.29, 0.717) is 18.5 Å². The molecule has 2 aromatic carbocycles. The van der Waals surface area contributed by atoms with Gasteiger partial charge in [-0.25, -0.2) is 4.39 Å². The molecule has 1 atom stereocenters. The third kappa shape index (κ3) is 7.82. The molecular weight excluding hydrogens is 493 g/mol. The Labute approximate surface area is 220 Å². The van der Waals surface area contributed by atoms with Crippen molar-refractivity contribution in [2.24, 2.45) is 0 Å². The van der Waals surface area contributed by atoms with Crippen LogP contribution in [0, 0.1) is 22.9 Å². The zero-order valence-corrected chi connectivity index (χ0v) is 21.9. The number of non-ortho nitro benzene ring substituents is 1. The van der Waals surface area contributed by atoms with Gasteiger partial charge in [0.1, 0.15) is 12.4 Å². The van der Waals surface area contributed by atoms with Crippen molar-refractivity contribution in [3.8, 4) is 0 Å².